The van der Waals surface area contributed by atoms with Crippen molar-refractivity contribution in [2.45, 2.75) is 32.7 Å². The summed E-state index contributed by atoms with van der Waals surface area (Å²) in [6.45, 7) is 5.59. The molecule has 0 amide bonds. The van der Waals surface area contributed by atoms with Crippen LogP contribution in [0.15, 0.2) is 35.7 Å². The summed E-state index contributed by atoms with van der Waals surface area (Å²) in [5.41, 5.74) is 0.951. The number of thiophene rings is 1. The molecule has 0 radical (unpaired) electrons. The van der Waals surface area contributed by atoms with Crippen LogP contribution in [0.3, 0.4) is 0 Å². The minimum Gasteiger partial charge on any atom is -0.490 e. The number of hydrogen-bond donors (Lipinski definition) is 1. The van der Waals surface area contributed by atoms with Crippen molar-refractivity contribution >= 4 is 11.3 Å². The Labute approximate surface area is 130 Å². The second-order valence-electron chi connectivity index (χ2n) is 5.04. The van der Waals surface area contributed by atoms with Gasteiger partial charge in [0.15, 0.2) is 11.6 Å². The first-order chi connectivity index (χ1) is 10.2. The normalized spacial score (nSPS) is 12.3. The Balaban J connectivity index is 1.89. The van der Waals surface area contributed by atoms with E-state index in [-0.39, 0.29) is 11.9 Å². The molecule has 0 saturated carbocycles. The summed E-state index contributed by atoms with van der Waals surface area (Å²) >= 11 is 1.69. The molecule has 1 N–H and O–H groups in total. The summed E-state index contributed by atoms with van der Waals surface area (Å²) in [6, 6.07) is 9.45. The number of rotatable bonds is 8. The molecular formula is C17H22FNOS. The van der Waals surface area contributed by atoms with Gasteiger partial charge in [-0.25, -0.2) is 4.39 Å². The highest BCUT2D eigenvalue weighted by atomic mass is 32.1. The van der Waals surface area contributed by atoms with E-state index in [0.717, 1.165) is 24.9 Å². The molecule has 1 aromatic heterocycles. The monoisotopic (exact) mass is 307 g/mol. The maximum absolute atomic E-state index is 14.0. The van der Waals surface area contributed by atoms with Crippen LogP contribution in [0, 0.1) is 5.82 Å². The smallest absolute Gasteiger partial charge is 0.165 e. The van der Waals surface area contributed by atoms with Crippen molar-refractivity contribution in [1.29, 1.82) is 0 Å². The van der Waals surface area contributed by atoms with Gasteiger partial charge in [0.1, 0.15) is 0 Å². The molecule has 0 aliphatic rings. The largest absolute Gasteiger partial charge is 0.490 e. The van der Waals surface area contributed by atoms with Crippen LogP contribution in [0.4, 0.5) is 4.39 Å². The molecule has 1 heterocycles. The van der Waals surface area contributed by atoms with Gasteiger partial charge in [-0.2, -0.15) is 0 Å². The number of benzene rings is 1. The lowest BCUT2D eigenvalue weighted by atomic mass is 10.1. The molecular weight excluding hydrogens is 285 g/mol. The highest BCUT2D eigenvalue weighted by Crippen LogP contribution is 2.22. The predicted molar refractivity (Wildman–Crippen MR) is 86.6 cm³/mol. The van der Waals surface area contributed by atoms with Crippen molar-refractivity contribution in [3.8, 4) is 5.75 Å². The van der Waals surface area contributed by atoms with E-state index >= 15 is 0 Å². The second-order valence-corrected chi connectivity index (χ2v) is 6.08. The fraction of sp³-hybridized carbons (Fsp3) is 0.412. The first-order valence-corrected chi connectivity index (χ1v) is 8.26. The Morgan fingerprint density at radius 1 is 1.33 bits per heavy atom. The quantitative estimate of drug-likeness (QED) is 0.771. The zero-order valence-corrected chi connectivity index (χ0v) is 13.4. The minimum atomic E-state index is -0.288. The van der Waals surface area contributed by atoms with Crippen molar-refractivity contribution in [1.82, 2.24) is 5.32 Å². The third-order valence-electron chi connectivity index (χ3n) is 3.34. The van der Waals surface area contributed by atoms with Crippen LogP contribution in [0.5, 0.6) is 5.75 Å². The molecule has 1 atom stereocenters. The molecule has 4 heteroatoms. The summed E-state index contributed by atoms with van der Waals surface area (Å²) in [6.07, 6.45) is 1.88. The first-order valence-electron chi connectivity index (χ1n) is 7.38. The van der Waals surface area contributed by atoms with E-state index in [4.69, 9.17) is 4.74 Å². The summed E-state index contributed by atoms with van der Waals surface area (Å²) in [5, 5.41) is 5.39. The van der Waals surface area contributed by atoms with Gasteiger partial charge in [0.25, 0.3) is 0 Å². The van der Waals surface area contributed by atoms with Crippen LogP contribution in [0.25, 0.3) is 0 Å². The van der Waals surface area contributed by atoms with Crippen LogP contribution in [0.1, 0.15) is 36.8 Å². The maximum atomic E-state index is 14.0. The van der Waals surface area contributed by atoms with Crippen LogP contribution >= 0.6 is 11.3 Å². The lowest BCUT2D eigenvalue weighted by molar-refractivity contribution is 0.306. The molecule has 0 aliphatic carbocycles. The van der Waals surface area contributed by atoms with E-state index in [2.05, 4.69) is 18.3 Å². The molecule has 0 bridgehead atoms. The molecule has 2 rings (SSSR count). The van der Waals surface area contributed by atoms with E-state index in [1.165, 1.54) is 4.88 Å². The van der Waals surface area contributed by atoms with E-state index in [1.54, 1.807) is 23.5 Å². The Kier molecular flexibility index (Phi) is 6.21. The Bertz CT molecular complexity index is 542. The summed E-state index contributed by atoms with van der Waals surface area (Å²) in [5.74, 6) is 0.0434. The zero-order valence-electron chi connectivity index (χ0n) is 12.6. The number of ether oxygens (including phenoxy) is 1. The van der Waals surface area contributed by atoms with Crippen LogP contribution in [0.2, 0.25) is 0 Å². The Hall–Kier alpha value is -1.39. The summed E-state index contributed by atoms with van der Waals surface area (Å²) < 4.78 is 19.6. The van der Waals surface area contributed by atoms with Crippen molar-refractivity contribution in [3.05, 3.63) is 52.0 Å². The molecule has 1 unspecified atom stereocenters. The second kappa shape index (κ2) is 8.15. The van der Waals surface area contributed by atoms with Gasteiger partial charge in [0.05, 0.1) is 6.61 Å². The molecule has 0 saturated heterocycles. The maximum Gasteiger partial charge on any atom is 0.165 e. The third kappa shape index (κ3) is 4.83. The molecule has 2 nitrogen and oxygen atoms in total. The van der Waals surface area contributed by atoms with Gasteiger partial charge in [0.2, 0.25) is 0 Å². The standard InChI is InChI=1S/C17H22FNOS/c1-3-9-19-13(2)14-6-7-17(16(18)12-14)20-10-8-15-5-4-11-21-15/h4-7,11-13,19H,3,8-10H2,1-2H3. The van der Waals surface area contributed by atoms with Gasteiger partial charge in [-0.3, -0.25) is 0 Å². The number of nitrogens with one attached hydrogen (secondary N) is 1. The predicted octanol–water partition coefficient (Wildman–Crippen LogP) is 4.57. The zero-order chi connectivity index (χ0) is 15.1. The fourth-order valence-corrected chi connectivity index (χ4v) is 2.79. The van der Waals surface area contributed by atoms with Crippen LogP contribution in [-0.4, -0.2) is 13.2 Å². The van der Waals surface area contributed by atoms with E-state index in [1.807, 2.05) is 24.4 Å². The summed E-state index contributed by atoms with van der Waals surface area (Å²) in [7, 11) is 0. The first kappa shape index (κ1) is 16.0. The SMILES string of the molecule is CCCNC(C)c1ccc(OCCc2cccs2)c(F)c1. The van der Waals surface area contributed by atoms with E-state index < -0.39 is 0 Å². The summed E-state index contributed by atoms with van der Waals surface area (Å²) in [4.78, 5) is 1.25. The average molecular weight is 307 g/mol. The number of hydrogen-bond acceptors (Lipinski definition) is 3. The molecule has 21 heavy (non-hydrogen) atoms. The topological polar surface area (TPSA) is 21.3 Å². The fourth-order valence-electron chi connectivity index (χ4n) is 2.10. The molecule has 114 valence electrons. The van der Waals surface area contributed by atoms with Crippen LogP contribution < -0.4 is 10.1 Å². The highest BCUT2D eigenvalue weighted by molar-refractivity contribution is 7.09. The highest BCUT2D eigenvalue weighted by Gasteiger charge is 2.09. The Morgan fingerprint density at radius 2 is 2.19 bits per heavy atom. The molecule has 0 aliphatic heterocycles. The lowest BCUT2D eigenvalue weighted by Gasteiger charge is -2.15. The minimum absolute atomic E-state index is 0.152. The van der Waals surface area contributed by atoms with Gasteiger partial charge in [-0.05, 0) is 49.0 Å². The van der Waals surface area contributed by atoms with Crippen molar-refractivity contribution < 1.29 is 9.13 Å². The van der Waals surface area contributed by atoms with Gasteiger partial charge in [-0.1, -0.05) is 19.1 Å². The van der Waals surface area contributed by atoms with E-state index in [0.29, 0.717) is 12.4 Å². The van der Waals surface area contributed by atoms with Gasteiger partial charge in [-0.15, -0.1) is 11.3 Å². The molecule has 0 spiro atoms. The number of halogens is 1. The molecule has 2 aromatic rings. The average Bonchev–Trinajstić information content (AvgIpc) is 2.99. The molecule has 0 fully saturated rings. The van der Waals surface area contributed by atoms with Gasteiger partial charge < -0.3 is 10.1 Å². The van der Waals surface area contributed by atoms with Gasteiger partial charge in [0, 0.05) is 17.3 Å². The Morgan fingerprint density at radius 3 is 2.86 bits per heavy atom. The molecule has 1 aromatic carbocycles. The van der Waals surface area contributed by atoms with Gasteiger partial charge >= 0.3 is 0 Å². The van der Waals surface area contributed by atoms with E-state index in [9.17, 15) is 4.39 Å². The van der Waals surface area contributed by atoms with Crippen molar-refractivity contribution in [2.24, 2.45) is 0 Å². The lowest BCUT2D eigenvalue weighted by Crippen LogP contribution is -2.19. The van der Waals surface area contributed by atoms with Crippen LogP contribution in [-0.2, 0) is 6.42 Å². The van der Waals surface area contributed by atoms with Crippen molar-refractivity contribution in [3.63, 3.8) is 0 Å². The van der Waals surface area contributed by atoms with Crippen molar-refractivity contribution in [2.75, 3.05) is 13.2 Å². The third-order valence-corrected chi connectivity index (χ3v) is 4.28.